The van der Waals surface area contributed by atoms with E-state index in [4.69, 9.17) is 8.92 Å². The van der Waals surface area contributed by atoms with Crippen LogP contribution in [0.4, 0.5) is 23.7 Å². The van der Waals surface area contributed by atoms with E-state index >= 15 is 0 Å². The van der Waals surface area contributed by atoms with E-state index in [9.17, 15) is 26.4 Å². The molecule has 174 valence electrons. The van der Waals surface area contributed by atoms with Crippen LogP contribution < -0.4 is 9.50 Å². The van der Waals surface area contributed by atoms with Crippen LogP contribution in [0.3, 0.4) is 0 Å². The molecule has 1 N–H and O–H groups in total. The van der Waals surface area contributed by atoms with Crippen LogP contribution in [0.2, 0.25) is 0 Å². The normalized spacial score (nSPS) is 16.6. The van der Waals surface area contributed by atoms with Crippen LogP contribution in [-0.2, 0) is 27.6 Å². The van der Waals surface area contributed by atoms with Crippen molar-refractivity contribution in [3.05, 3.63) is 59.7 Å². The predicted molar refractivity (Wildman–Crippen MR) is 112 cm³/mol. The summed E-state index contributed by atoms with van der Waals surface area (Å²) < 4.78 is 71.1. The van der Waals surface area contributed by atoms with Gasteiger partial charge in [0.05, 0.1) is 17.9 Å². The molecule has 1 saturated heterocycles. The summed E-state index contributed by atoms with van der Waals surface area (Å²) in [6.45, 7) is 1.09. The van der Waals surface area contributed by atoms with E-state index in [1.165, 1.54) is 29.2 Å². The summed E-state index contributed by atoms with van der Waals surface area (Å²) in [5.74, 6) is 0.149. The Labute approximate surface area is 184 Å². The zero-order chi connectivity index (χ0) is 23.4. The Hall–Kier alpha value is -2.79. The molecule has 0 spiro atoms. The molecule has 1 unspecified atom stereocenters. The zero-order valence-electron chi connectivity index (χ0n) is 17.3. The lowest BCUT2D eigenvalue weighted by atomic mass is 10.1. The molecule has 2 aromatic rings. The molecule has 1 heterocycles. The van der Waals surface area contributed by atoms with Gasteiger partial charge >= 0.3 is 22.3 Å². The molecular weight excluding hydrogens is 449 g/mol. The summed E-state index contributed by atoms with van der Waals surface area (Å²) in [7, 11) is -3.65. The molecule has 0 saturated carbocycles. The number of nitrogens with one attached hydrogen (secondary N) is 1. The number of alkyl halides is 3. The largest absolute Gasteiger partial charge is 0.416 e. The molecule has 11 heteroatoms. The lowest BCUT2D eigenvalue weighted by Crippen LogP contribution is -2.39. The number of benzene rings is 2. The van der Waals surface area contributed by atoms with Crippen molar-refractivity contribution < 1.29 is 35.3 Å². The Morgan fingerprint density at radius 1 is 1.16 bits per heavy atom. The van der Waals surface area contributed by atoms with E-state index in [0.29, 0.717) is 18.7 Å². The second-order valence-corrected chi connectivity index (χ2v) is 9.03. The Bertz CT molecular complexity index is 1020. The van der Waals surface area contributed by atoms with Crippen molar-refractivity contribution in [1.29, 1.82) is 0 Å². The number of anilines is 1. The number of hydrogen-bond acceptors (Lipinski definition) is 5. The molecule has 0 aliphatic carbocycles. The van der Waals surface area contributed by atoms with Crippen molar-refractivity contribution in [2.24, 2.45) is 0 Å². The number of ether oxygens (including phenoxy) is 1. The van der Waals surface area contributed by atoms with Crippen LogP contribution in [0.1, 0.15) is 24.0 Å². The predicted octanol–water partition coefficient (Wildman–Crippen LogP) is 4.26. The third-order valence-electron chi connectivity index (χ3n) is 4.74. The number of hydrogen-bond donors (Lipinski definition) is 1. The van der Waals surface area contributed by atoms with E-state index in [-0.39, 0.29) is 24.1 Å². The Morgan fingerprint density at radius 2 is 1.81 bits per heavy atom. The number of halogens is 3. The highest BCUT2D eigenvalue weighted by Gasteiger charge is 2.30. The first-order valence-electron chi connectivity index (χ1n) is 9.83. The first-order valence-corrected chi connectivity index (χ1v) is 11.6. The van der Waals surface area contributed by atoms with Crippen LogP contribution in [0.25, 0.3) is 0 Å². The van der Waals surface area contributed by atoms with Crippen LogP contribution in [0, 0.1) is 0 Å². The van der Waals surface area contributed by atoms with E-state index < -0.39 is 27.9 Å². The monoisotopic (exact) mass is 472 g/mol. The maximum Gasteiger partial charge on any atom is 0.416 e. The number of nitrogens with zero attached hydrogens (tertiary/aromatic N) is 1. The van der Waals surface area contributed by atoms with Gasteiger partial charge in [-0.3, -0.25) is 0 Å². The highest BCUT2D eigenvalue weighted by atomic mass is 32.2. The first-order chi connectivity index (χ1) is 15.0. The second kappa shape index (κ2) is 9.78. The Kier molecular flexibility index (Phi) is 7.29. The summed E-state index contributed by atoms with van der Waals surface area (Å²) in [6, 6.07) is 9.94. The first kappa shape index (κ1) is 23.9. The molecular formula is C21H23F3N2O5S. The summed E-state index contributed by atoms with van der Waals surface area (Å²) in [4.78, 5) is 14.4. The van der Waals surface area contributed by atoms with Crippen molar-refractivity contribution >= 4 is 21.8 Å². The minimum absolute atomic E-state index is 0.138. The molecule has 1 aliphatic heterocycles. The van der Waals surface area contributed by atoms with Gasteiger partial charge in [-0.1, -0.05) is 12.1 Å². The Morgan fingerprint density at radius 3 is 2.34 bits per heavy atom. The molecule has 32 heavy (non-hydrogen) atoms. The van der Waals surface area contributed by atoms with Crippen molar-refractivity contribution in [1.82, 2.24) is 4.90 Å². The standard InChI is InChI=1S/C21H23F3N2O5S/c1-32(28,29)31-18-10-4-15(5-11-18)13-26(14-19-3-2-12-30-19)20(27)25-17-8-6-16(7-9-17)21(22,23)24/h4-11,19H,2-3,12-14H2,1H3,(H,25,27). The lowest BCUT2D eigenvalue weighted by molar-refractivity contribution is -0.137. The Balaban J connectivity index is 1.71. The fourth-order valence-corrected chi connectivity index (χ4v) is 3.70. The molecule has 1 atom stereocenters. The van der Waals surface area contributed by atoms with Crippen LogP contribution in [0.5, 0.6) is 5.75 Å². The summed E-state index contributed by atoms with van der Waals surface area (Å²) in [6.07, 6.45) is -1.97. The minimum Gasteiger partial charge on any atom is -0.383 e. The van der Waals surface area contributed by atoms with Crippen LogP contribution in [0.15, 0.2) is 48.5 Å². The average molecular weight is 472 g/mol. The van der Waals surface area contributed by atoms with Crippen molar-refractivity contribution in [3.63, 3.8) is 0 Å². The maximum absolute atomic E-state index is 12.9. The number of carbonyl (C=O) groups is 1. The van der Waals surface area contributed by atoms with Gasteiger partial charge in [0.2, 0.25) is 0 Å². The summed E-state index contributed by atoms with van der Waals surface area (Å²) >= 11 is 0. The third-order valence-corrected chi connectivity index (χ3v) is 5.24. The van der Waals surface area contributed by atoms with E-state index in [2.05, 4.69) is 5.32 Å². The van der Waals surface area contributed by atoms with Gasteiger partial charge in [-0.25, -0.2) is 4.79 Å². The number of amides is 2. The number of urea groups is 1. The van der Waals surface area contributed by atoms with Gasteiger partial charge in [0.25, 0.3) is 0 Å². The van der Waals surface area contributed by atoms with Gasteiger partial charge in [-0.15, -0.1) is 0 Å². The quantitative estimate of drug-likeness (QED) is 0.609. The second-order valence-electron chi connectivity index (χ2n) is 7.45. The molecule has 2 amide bonds. The van der Waals surface area contributed by atoms with Gasteiger partial charge in [0.1, 0.15) is 5.75 Å². The average Bonchev–Trinajstić information content (AvgIpc) is 3.21. The van der Waals surface area contributed by atoms with Gasteiger partial charge in [0, 0.05) is 25.4 Å². The molecule has 2 aromatic carbocycles. The molecule has 1 aliphatic rings. The maximum atomic E-state index is 12.9. The molecule has 0 aromatic heterocycles. The smallest absolute Gasteiger partial charge is 0.383 e. The minimum atomic E-state index is -4.46. The highest BCUT2D eigenvalue weighted by molar-refractivity contribution is 7.86. The topological polar surface area (TPSA) is 84.9 Å². The fraction of sp³-hybridized carbons (Fsp3) is 0.381. The van der Waals surface area contributed by atoms with Gasteiger partial charge in [-0.2, -0.15) is 21.6 Å². The van der Waals surface area contributed by atoms with Crippen molar-refractivity contribution in [2.75, 3.05) is 24.7 Å². The van der Waals surface area contributed by atoms with Crippen molar-refractivity contribution in [3.8, 4) is 5.75 Å². The van der Waals surface area contributed by atoms with E-state index in [1.807, 2.05) is 0 Å². The number of carbonyl (C=O) groups excluding carboxylic acids is 1. The zero-order valence-corrected chi connectivity index (χ0v) is 18.1. The molecule has 3 rings (SSSR count). The highest BCUT2D eigenvalue weighted by Crippen LogP contribution is 2.30. The lowest BCUT2D eigenvalue weighted by Gasteiger charge is -2.26. The van der Waals surface area contributed by atoms with Crippen LogP contribution in [-0.4, -0.2) is 44.9 Å². The van der Waals surface area contributed by atoms with Crippen LogP contribution >= 0.6 is 0 Å². The number of rotatable bonds is 7. The molecule has 0 radical (unpaired) electrons. The SMILES string of the molecule is CS(=O)(=O)Oc1ccc(CN(CC2CCCO2)C(=O)Nc2ccc(C(F)(F)F)cc2)cc1. The fourth-order valence-electron chi connectivity index (χ4n) is 3.24. The van der Waals surface area contributed by atoms with E-state index in [1.54, 1.807) is 12.1 Å². The summed E-state index contributed by atoms with van der Waals surface area (Å²) in [5, 5.41) is 2.62. The summed E-state index contributed by atoms with van der Waals surface area (Å²) in [5.41, 5.74) is 0.145. The van der Waals surface area contributed by atoms with Gasteiger partial charge < -0.3 is 19.1 Å². The molecule has 1 fully saturated rings. The molecule has 0 bridgehead atoms. The van der Waals surface area contributed by atoms with Crippen molar-refractivity contribution in [2.45, 2.75) is 31.7 Å². The molecule has 7 nitrogen and oxygen atoms in total. The third kappa shape index (κ3) is 7.13. The van der Waals surface area contributed by atoms with E-state index in [0.717, 1.165) is 31.2 Å². The van der Waals surface area contributed by atoms with Gasteiger partial charge in [0.15, 0.2) is 0 Å². The van der Waals surface area contributed by atoms with Gasteiger partial charge in [-0.05, 0) is 54.8 Å².